The third-order valence-corrected chi connectivity index (χ3v) is 6.96. The van der Waals surface area contributed by atoms with Gasteiger partial charge in [-0.3, -0.25) is 14.2 Å². The normalized spacial score (nSPS) is 15.2. The number of carbonyl (C=O) groups is 1. The van der Waals surface area contributed by atoms with Crippen LogP contribution in [0.5, 0.6) is 0 Å². The van der Waals surface area contributed by atoms with Gasteiger partial charge < -0.3 is 5.32 Å². The summed E-state index contributed by atoms with van der Waals surface area (Å²) in [7, 11) is 0. The summed E-state index contributed by atoms with van der Waals surface area (Å²) in [5.74, 6) is 0.512. The van der Waals surface area contributed by atoms with Crippen molar-refractivity contribution >= 4 is 34.4 Å². The highest BCUT2D eigenvalue weighted by atomic mass is 32.2. The summed E-state index contributed by atoms with van der Waals surface area (Å²) in [6, 6.07) is 13.5. The Balaban J connectivity index is 1.45. The molecular formula is C24H23N5O2S. The molecule has 5 rings (SSSR count). The molecule has 1 N–H and O–H groups in total. The molecule has 0 saturated carbocycles. The van der Waals surface area contributed by atoms with Crippen LogP contribution in [0, 0.1) is 20.8 Å². The molecule has 7 nitrogen and oxygen atoms in total. The van der Waals surface area contributed by atoms with Gasteiger partial charge in [-0.15, -0.1) is 0 Å². The molecule has 4 aromatic rings. The minimum Gasteiger partial charge on any atom is -0.326 e. The number of carbonyl (C=O) groups excluding carboxylic acids is 1. The summed E-state index contributed by atoms with van der Waals surface area (Å²) in [6.07, 6.45) is 1.78. The van der Waals surface area contributed by atoms with Gasteiger partial charge in [-0.05, 0) is 56.2 Å². The zero-order valence-corrected chi connectivity index (χ0v) is 18.9. The summed E-state index contributed by atoms with van der Waals surface area (Å²) >= 11 is 1.50. The Morgan fingerprint density at radius 3 is 2.66 bits per heavy atom. The Hall–Kier alpha value is -3.39. The van der Waals surface area contributed by atoms with E-state index in [0.29, 0.717) is 21.9 Å². The minimum absolute atomic E-state index is 0.120. The lowest BCUT2D eigenvalue weighted by Crippen LogP contribution is -2.27. The van der Waals surface area contributed by atoms with Crippen molar-refractivity contribution < 1.29 is 4.79 Å². The molecule has 2 aromatic carbocycles. The standard InChI is InChI=1S/C24H23N5O2S/c1-14-4-7-17(8-5-14)26-21(30)11-19-13-32-24-27-22-20(23(31)28(19)24)12-25-29(22)18-9-6-15(2)16(3)10-18/h4-10,12,19H,11,13H2,1-3H3,(H,26,30). The van der Waals surface area contributed by atoms with E-state index in [1.54, 1.807) is 15.4 Å². The first-order chi connectivity index (χ1) is 15.4. The maximum Gasteiger partial charge on any atom is 0.265 e. The Morgan fingerprint density at radius 1 is 1.12 bits per heavy atom. The van der Waals surface area contributed by atoms with Crippen LogP contribution in [0.3, 0.4) is 0 Å². The largest absolute Gasteiger partial charge is 0.326 e. The van der Waals surface area contributed by atoms with Gasteiger partial charge in [-0.2, -0.15) is 5.10 Å². The highest BCUT2D eigenvalue weighted by Crippen LogP contribution is 2.33. The van der Waals surface area contributed by atoms with Crippen LogP contribution >= 0.6 is 11.8 Å². The molecule has 0 radical (unpaired) electrons. The van der Waals surface area contributed by atoms with Crippen LogP contribution in [0.1, 0.15) is 29.2 Å². The second-order valence-electron chi connectivity index (χ2n) is 8.21. The van der Waals surface area contributed by atoms with E-state index in [2.05, 4.69) is 17.3 Å². The number of nitrogens with zero attached hydrogens (tertiary/aromatic N) is 4. The third kappa shape index (κ3) is 3.60. The van der Waals surface area contributed by atoms with Crippen molar-refractivity contribution in [3.05, 3.63) is 75.7 Å². The Morgan fingerprint density at radius 2 is 1.91 bits per heavy atom. The third-order valence-electron chi connectivity index (χ3n) is 5.86. The molecule has 32 heavy (non-hydrogen) atoms. The molecule has 0 aliphatic carbocycles. The molecule has 0 spiro atoms. The maximum absolute atomic E-state index is 13.3. The molecule has 3 heterocycles. The lowest BCUT2D eigenvalue weighted by atomic mass is 10.1. The Bertz CT molecular complexity index is 1400. The molecule has 162 valence electrons. The number of rotatable bonds is 4. The van der Waals surface area contributed by atoms with Crippen LogP contribution in [0.4, 0.5) is 5.69 Å². The van der Waals surface area contributed by atoms with Crippen molar-refractivity contribution in [2.24, 2.45) is 0 Å². The van der Waals surface area contributed by atoms with Crippen LogP contribution in [0.2, 0.25) is 0 Å². The van der Waals surface area contributed by atoms with E-state index in [9.17, 15) is 9.59 Å². The van der Waals surface area contributed by atoms with E-state index >= 15 is 0 Å². The van der Waals surface area contributed by atoms with Gasteiger partial charge in [0.25, 0.3) is 5.56 Å². The maximum atomic E-state index is 13.3. The molecule has 0 bridgehead atoms. The smallest absolute Gasteiger partial charge is 0.265 e. The summed E-state index contributed by atoms with van der Waals surface area (Å²) in [4.78, 5) is 30.7. The Labute approximate surface area is 189 Å². The van der Waals surface area contributed by atoms with E-state index in [4.69, 9.17) is 4.98 Å². The van der Waals surface area contributed by atoms with Gasteiger partial charge >= 0.3 is 0 Å². The first kappa shape index (κ1) is 20.5. The molecule has 2 aromatic heterocycles. The number of thioether (sulfide) groups is 1. The zero-order chi connectivity index (χ0) is 22.4. The number of nitrogens with one attached hydrogen (secondary N) is 1. The highest BCUT2D eigenvalue weighted by molar-refractivity contribution is 7.99. The fourth-order valence-corrected chi connectivity index (χ4v) is 5.02. The van der Waals surface area contributed by atoms with Crippen molar-refractivity contribution in [1.29, 1.82) is 0 Å². The SMILES string of the molecule is Cc1ccc(NC(=O)CC2CSc3nc4c(cnn4-c4ccc(C)c(C)c4)c(=O)n32)cc1. The number of aromatic nitrogens is 4. The highest BCUT2D eigenvalue weighted by Gasteiger charge is 2.29. The van der Waals surface area contributed by atoms with Crippen LogP contribution in [-0.2, 0) is 4.79 Å². The van der Waals surface area contributed by atoms with Gasteiger partial charge in [0.15, 0.2) is 10.8 Å². The molecular weight excluding hydrogens is 422 g/mol. The van der Waals surface area contributed by atoms with Crippen molar-refractivity contribution in [3.63, 3.8) is 0 Å². The molecule has 8 heteroatoms. The van der Waals surface area contributed by atoms with Gasteiger partial charge in [-0.1, -0.05) is 35.5 Å². The van der Waals surface area contributed by atoms with E-state index in [1.165, 1.54) is 17.3 Å². The second-order valence-corrected chi connectivity index (χ2v) is 9.20. The molecule has 1 amide bonds. The molecule has 1 unspecified atom stereocenters. The van der Waals surface area contributed by atoms with Crippen LogP contribution in [0.25, 0.3) is 16.7 Å². The number of fused-ring (bicyclic) bond motifs is 2. The molecule has 1 atom stereocenters. The van der Waals surface area contributed by atoms with Gasteiger partial charge in [0.1, 0.15) is 5.39 Å². The zero-order valence-electron chi connectivity index (χ0n) is 18.1. The van der Waals surface area contributed by atoms with E-state index in [0.717, 1.165) is 22.5 Å². The van der Waals surface area contributed by atoms with Crippen molar-refractivity contribution in [3.8, 4) is 5.69 Å². The first-order valence-electron chi connectivity index (χ1n) is 10.5. The number of anilines is 1. The summed E-state index contributed by atoms with van der Waals surface area (Å²) in [5, 5.41) is 8.44. The number of benzene rings is 2. The van der Waals surface area contributed by atoms with E-state index in [1.807, 2.05) is 56.3 Å². The lowest BCUT2D eigenvalue weighted by Gasteiger charge is -2.13. The molecule has 1 aliphatic heterocycles. The fourth-order valence-electron chi connectivity index (χ4n) is 3.89. The number of hydrogen-bond donors (Lipinski definition) is 1. The van der Waals surface area contributed by atoms with Gasteiger partial charge in [0, 0.05) is 17.9 Å². The van der Waals surface area contributed by atoms with Crippen LogP contribution in [0.15, 0.2) is 58.6 Å². The molecule has 1 aliphatic rings. The summed E-state index contributed by atoms with van der Waals surface area (Å²) in [6.45, 7) is 6.11. The summed E-state index contributed by atoms with van der Waals surface area (Å²) < 4.78 is 3.36. The average Bonchev–Trinajstić information content (AvgIpc) is 3.37. The number of amides is 1. The monoisotopic (exact) mass is 445 g/mol. The molecule has 0 fully saturated rings. The predicted molar refractivity (Wildman–Crippen MR) is 127 cm³/mol. The quantitative estimate of drug-likeness (QED) is 0.477. The second kappa shape index (κ2) is 7.94. The lowest BCUT2D eigenvalue weighted by molar-refractivity contribution is -0.116. The van der Waals surface area contributed by atoms with E-state index in [-0.39, 0.29) is 23.9 Å². The number of aryl methyl sites for hydroxylation is 3. The molecule has 0 saturated heterocycles. The van der Waals surface area contributed by atoms with Crippen LogP contribution < -0.4 is 10.9 Å². The van der Waals surface area contributed by atoms with Crippen LogP contribution in [-0.4, -0.2) is 31.0 Å². The first-order valence-corrected chi connectivity index (χ1v) is 11.5. The fraction of sp³-hybridized carbons (Fsp3) is 0.250. The van der Waals surface area contributed by atoms with Gasteiger partial charge in [0.05, 0.1) is 17.9 Å². The van der Waals surface area contributed by atoms with E-state index < -0.39 is 0 Å². The number of hydrogen-bond acceptors (Lipinski definition) is 5. The van der Waals surface area contributed by atoms with Crippen molar-refractivity contribution in [1.82, 2.24) is 19.3 Å². The minimum atomic E-state index is -0.241. The van der Waals surface area contributed by atoms with Crippen molar-refractivity contribution in [2.75, 3.05) is 11.1 Å². The predicted octanol–water partition coefficient (Wildman–Crippen LogP) is 4.18. The summed E-state index contributed by atoms with van der Waals surface area (Å²) in [5.41, 5.74) is 5.49. The Kier molecular flexibility index (Phi) is 5.09. The van der Waals surface area contributed by atoms with Gasteiger partial charge in [0.2, 0.25) is 5.91 Å². The van der Waals surface area contributed by atoms with Gasteiger partial charge in [-0.25, -0.2) is 9.67 Å². The van der Waals surface area contributed by atoms with Crippen molar-refractivity contribution in [2.45, 2.75) is 38.4 Å². The topological polar surface area (TPSA) is 81.8 Å². The average molecular weight is 446 g/mol.